The normalized spacial score (nSPS) is 22.2. The van der Waals surface area contributed by atoms with E-state index in [1.807, 2.05) is 0 Å². The van der Waals surface area contributed by atoms with Gasteiger partial charge in [-0.25, -0.2) is 4.98 Å². The Morgan fingerprint density at radius 2 is 1.88 bits per heavy atom. The highest BCUT2D eigenvalue weighted by Crippen LogP contribution is 2.48. The molecule has 4 heterocycles. The van der Waals surface area contributed by atoms with Crippen LogP contribution in [-0.4, -0.2) is 52.1 Å². The van der Waals surface area contributed by atoms with E-state index in [1.54, 1.807) is 30.3 Å². The molecule has 224 valence electrons. The number of aromatic nitrogens is 3. The molecule has 0 radical (unpaired) electrons. The Bertz CT molecular complexity index is 1460. The molecule has 2 aliphatic heterocycles. The second-order valence-electron chi connectivity index (χ2n) is 9.66. The van der Waals surface area contributed by atoms with E-state index in [1.165, 1.54) is 17.1 Å². The SMILES string of the molecule is O=[N+]([O-])c1cc(C(F)(F)F)c2nc1-c1nnc(o1)C(OCc1ccccc1)(C(F)(F)F)CC/C=C\C[C@@H]1COCCN21. The van der Waals surface area contributed by atoms with E-state index in [-0.39, 0.29) is 38.7 Å². The Balaban J connectivity index is 1.71. The molecule has 0 amide bonds. The summed E-state index contributed by atoms with van der Waals surface area (Å²) in [5, 5.41) is 19.0. The number of anilines is 1. The third kappa shape index (κ3) is 5.68. The minimum atomic E-state index is -5.10. The maximum Gasteiger partial charge on any atom is 0.426 e. The molecule has 0 aliphatic carbocycles. The van der Waals surface area contributed by atoms with Crippen LogP contribution in [0, 0.1) is 10.1 Å². The number of fused-ring (bicyclic) bond motifs is 7. The first-order valence-electron chi connectivity index (χ1n) is 12.8. The number of ether oxygens (including phenoxy) is 2. The van der Waals surface area contributed by atoms with Crippen molar-refractivity contribution in [3.05, 3.63) is 75.7 Å². The number of alkyl halides is 6. The van der Waals surface area contributed by atoms with E-state index in [4.69, 9.17) is 13.9 Å². The molecule has 42 heavy (non-hydrogen) atoms. The summed E-state index contributed by atoms with van der Waals surface area (Å²) in [5.41, 5.74) is -6.10. The third-order valence-electron chi connectivity index (χ3n) is 6.98. The Hall–Kier alpha value is -4.05. The van der Waals surface area contributed by atoms with Crippen molar-refractivity contribution in [1.82, 2.24) is 15.2 Å². The Kier molecular flexibility index (Phi) is 7.94. The highest BCUT2D eigenvalue weighted by molar-refractivity contribution is 5.68. The topological polar surface area (TPSA) is 117 Å². The van der Waals surface area contributed by atoms with Gasteiger partial charge in [-0.3, -0.25) is 10.1 Å². The molecule has 2 atom stereocenters. The van der Waals surface area contributed by atoms with E-state index >= 15 is 0 Å². The third-order valence-corrected chi connectivity index (χ3v) is 6.98. The average Bonchev–Trinajstić information content (AvgIpc) is 3.43. The monoisotopic (exact) mass is 599 g/mol. The van der Waals surface area contributed by atoms with Crippen LogP contribution in [0.2, 0.25) is 0 Å². The van der Waals surface area contributed by atoms with Gasteiger partial charge in [0.25, 0.3) is 11.8 Å². The van der Waals surface area contributed by atoms with Crippen molar-refractivity contribution in [3.8, 4) is 11.6 Å². The Morgan fingerprint density at radius 3 is 2.57 bits per heavy atom. The van der Waals surface area contributed by atoms with E-state index in [2.05, 4.69) is 15.2 Å². The smallest absolute Gasteiger partial charge is 0.415 e. The molecule has 2 aliphatic rings. The van der Waals surface area contributed by atoms with Gasteiger partial charge in [0, 0.05) is 12.6 Å². The molecule has 16 heteroatoms. The first-order chi connectivity index (χ1) is 19.9. The number of allylic oxidation sites excluding steroid dienone is 1. The minimum Gasteiger partial charge on any atom is -0.415 e. The largest absolute Gasteiger partial charge is 0.426 e. The van der Waals surface area contributed by atoms with Gasteiger partial charge in [-0.05, 0) is 24.8 Å². The molecule has 1 aromatic carbocycles. The second-order valence-corrected chi connectivity index (χ2v) is 9.66. The fourth-order valence-electron chi connectivity index (χ4n) is 4.85. The van der Waals surface area contributed by atoms with Crippen molar-refractivity contribution in [2.45, 2.75) is 49.9 Å². The predicted octanol–water partition coefficient (Wildman–Crippen LogP) is 5.98. The van der Waals surface area contributed by atoms with E-state index in [0.29, 0.717) is 5.56 Å². The summed E-state index contributed by atoms with van der Waals surface area (Å²) in [6.45, 7) is -0.472. The molecule has 5 rings (SSSR count). The molecule has 4 bridgehead atoms. The number of hydrogen-bond acceptors (Lipinski definition) is 9. The van der Waals surface area contributed by atoms with Crippen LogP contribution in [-0.2, 0) is 27.9 Å². The molecule has 1 unspecified atom stereocenters. The molecule has 0 spiro atoms. The van der Waals surface area contributed by atoms with Crippen molar-refractivity contribution in [2.24, 2.45) is 0 Å². The fraction of sp³-hybridized carbons (Fsp3) is 0.423. The number of nitro groups is 1. The first-order valence-corrected chi connectivity index (χ1v) is 12.8. The number of halogens is 6. The Morgan fingerprint density at radius 1 is 1.12 bits per heavy atom. The zero-order valence-corrected chi connectivity index (χ0v) is 21.7. The fourth-order valence-corrected chi connectivity index (χ4v) is 4.85. The molecule has 1 fully saturated rings. The van der Waals surface area contributed by atoms with Crippen LogP contribution in [0.3, 0.4) is 0 Å². The summed E-state index contributed by atoms with van der Waals surface area (Å²) in [4.78, 5) is 16.0. The van der Waals surface area contributed by atoms with Gasteiger partial charge in [0.2, 0.25) is 11.3 Å². The Labute approximate surface area is 234 Å². The van der Waals surface area contributed by atoms with Gasteiger partial charge >= 0.3 is 18.0 Å². The van der Waals surface area contributed by atoms with Crippen LogP contribution in [0.1, 0.15) is 36.3 Å². The minimum absolute atomic E-state index is 0.00693. The van der Waals surface area contributed by atoms with Crippen LogP contribution in [0.5, 0.6) is 0 Å². The summed E-state index contributed by atoms with van der Waals surface area (Å²) < 4.78 is 103. The number of benzene rings is 1. The molecule has 0 saturated carbocycles. The van der Waals surface area contributed by atoms with E-state index < -0.39 is 76.5 Å². The lowest BCUT2D eigenvalue weighted by Crippen LogP contribution is -2.46. The molecule has 1 saturated heterocycles. The van der Waals surface area contributed by atoms with Crippen LogP contribution in [0.4, 0.5) is 37.8 Å². The summed E-state index contributed by atoms with van der Waals surface area (Å²) in [5.74, 6) is -2.58. The number of pyridine rings is 1. The molecule has 2 aromatic heterocycles. The summed E-state index contributed by atoms with van der Waals surface area (Å²) >= 11 is 0. The summed E-state index contributed by atoms with van der Waals surface area (Å²) in [7, 11) is 0. The van der Waals surface area contributed by atoms with Crippen molar-refractivity contribution in [3.63, 3.8) is 0 Å². The van der Waals surface area contributed by atoms with Gasteiger partial charge in [0.05, 0.1) is 30.8 Å². The van der Waals surface area contributed by atoms with Crippen LogP contribution in [0.15, 0.2) is 53.0 Å². The molecular formula is C26H23F6N5O5. The lowest BCUT2D eigenvalue weighted by molar-refractivity contribution is -0.384. The molecule has 3 aromatic rings. The highest BCUT2D eigenvalue weighted by atomic mass is 19.4. The maximum atomic E-state index is 14.8. The zero-order chi connectivity index (χ0) is 30.1. The van der Waals surface area contributed by atoms with Crippen LogP contribution >= 0.6 is 0 Å². The van der Waals surface area contributed by atoms with Crippen molar-refractivity contribution in [1.29, 1.82) is 0 Å². The van der Waals surface area contributed by atoms with Crippen molar-refractivity contribution < 1.29 is 45.2 Å². The number of hydrogen-bond donors (Lipinski definition) is 0. The number of nitrogens with zero attached hydrogens (tertiary/aromatic N) is 5. The first kappa shape index (κ1) is 29.4. The van der Waals surface area contributed by atoms with Gasteiger partial charge in [-0.1, -0.05) is 42.5 Å². The molecule has 0 N–H and O–H groups in total. The average molecular weight is 599 g/mol. The molecular weight excluding hydrogens is 576 g/mol. The summed E-state index contributed by atoms with van der Waals surface area (Å²) in [6.07, 6.45) is -7.93. The van der Waals surface area contributed by atoms with Gasteiger partial charge in [0.15, 0.2) is 0 Å². The lowest BCUT2D eigenvalue weighted by Gasteiger charge is -2.37. The van der Waals surface area contributed by atoms with Crippen LogP contribution < -0.4 is 4.90 Å². The van der Waals surface area contributed by atoms with Gasteiger partial charge in [0.1, 0.15) is 11.4 Å². The molecule has 10 nitrogen and oxygen atoms in total. The van der Waals surface area contributed by atoms with Gasteiger partial charge < -0.3 is 18.8 Å². The predicted molar refractivity (Wildman–Crippen MR) is 133 cm³/mol. The second kappa shape index (κ2) is 11.3. The maximum absolute atomic E-state index is 14.8. The van der Waals surface area contributed by atoms with Gasteiger partial charge in [-0.2, -0.15) is 26.3 Å². The number of morpholine rings is 1. The van der Waals surface area contributed by atoms with E-state index in [0.717, 1.165) is 0 Å². The van der Waals surface area contributed by atoms with E-state index in [9.17, 15) is 36.5 Å². The lowest BCUT2D eigenvalue weighted by atomic mass is 9.95. The van der Waals surface area contributed by atoms with Crippen molar-refractivity contribution >= 4 is 11.5 Å². The zero-order valence-electron chi connectivity index (χ0n) is 21.7. The highest BCUT2D eigenvalue weighted by Gasteiger charge is 2.61. The quantitative estimate of drug-likeness (QED) is 0.155. The van der Waals surface area contributed by atoms with Gasteiger partial charge in [-0.15, -0.1) is 10.2 Å². The summed E-state index contributed by atoms with van der Waals surface area (Å²) in [6, 6.07) is 7.61. The van der Waals surface area contributed by atoms with Crippen LogP contribution in [0.25, 0.3) is 11.6 Å². The van der Waals surface area contributed by atoms with Crippen molar-refractivity contribution in [2.75, 3.05) is 24.7 Å². The number of rotatable bonds is 4. The standard InChI is InChI=1S/C26H23F6N5O5/c27-25(28,29)18-13-19(37(38)39)20-22-34-35-23(42-22)24(26(30,31)32,41-14-16-7-3-1-4-8-16)10-6-2-5-9-17-15-40-12-11-36(17)21(18)33-20/h1-5,7-8,13,17H,6,9-12,14-15H2/b5-2-/t17-,24?/m1/s1.